The van der Waals surface area contributed by atoms with Crippen LogP contribution in [0.4, 0.5) is 0 Å². The highest BCUT2D eigenvalue weighted by Gasteiger charge is 2.18. The second-order valence-corrected chi connectivity index (χ2v) is 6.37. The molecule has 2 aromatic carbocycles. The van der Waals surface area contributed by atoms with E-state index in [-0.39, 0.29) is 24.4 Å². The van der Waals surface area contributed by atoms with Crippen LogP contribution in [0.3, 0.4) is 0 Å². The van der Waals surface area contributed by atoms with Gasteiger partial charge in [0, 0.05) is 12.1 Å². The molecule has 0 saturated heterocycles. The minimum absolute atomic E-state index is 0.0572. The second kappa shape index (κ2) is 8.99. The van der Waals surface area contributed by atoms with Crippen LogP contribution < -0.4 is 10.6 Å². The molecule has 0 aliphatic carbocycles. The summed E-state index contributed by atoms with van der Waals surface area (Å²) in [5, 5.41) is 5.86. The number of carbonyl (C=O) groups excluding carboxylic acids is 2. The zero-order valence-corrected chi connectivity index (χ0v) is 15.6. The zero-order valence-electron chi connectivity index (χ0n) is 15.6. The number of nitrogens with one attached hydrogen (secondary N) is 2. The SMILES string of the molecule is C=CC(=O)NCc1ccccc1C(=O)NC(CC)c1cc(C)ccc1C. The molecule has 1 atom stereocenters. The van der Waals surface area contributed by atoms with Crippen molar-refractivity contribution >= 4 is 11.8 Å². The quantitative estimate of drug-likeness (QED) is 0.742. The van der Waals surface area contributed by atoms with Gasteiger partial charge in [0.1, 0.15) is 0 Å². The standard InChI is InChI=1S/C22H26N2O2/c1-5-20(19-13-15(3)11-12-16(19)4)24-22(26)18-10-8-7-9-17(18)14-23-21(25)6-2/h6-13,20H,2,5,14H2,1,3-4H3,(H,23,25)(H,24,26). The Hall–Kier alpha value is -2.88. The minimum Gasteiger partial charge on any atom is -0.348 e. The molecule has 1 unspecified atom stereocenters. The Kier molecular flexibility index (Phi) is 6.73. The van der Waals surface area contributed by atoms with Crippen LogP contribution in [0.25, 0.3) is 0 Å². The average Bonchev–Trinajstić information content (AvgIpc) is 2.66. The highest BCUT2D eigenvalue weighted by atomic mass is 16.2. The van der Waals surface area contributed by atoms with Crippen LogP contribution in [0.1, 0.15) is 52.0 Å². The first-order valence-electron chi connectivity index (χ1n) is 8.82. The predicted molar refractivity (Wildman–Crippen MR) is 105 cm³/mol. The molecule has 0 saturated carbocycles. The molecule has 2 amide bonds. The smallest absolute Gasteiger partial charge is 0.252 e. The summed E-state index contributed by atoms with van der Waals surface area (Å²) in [7, 11) is 0. The molecule has 0 heterocycles. The molecule has 0 aliphatic rings. The monoisotopic (exact) mass is 350 g/mol. The average molecular weight is 350 g/mol. The number of benzene rings is 2. The maximum absolute atomic E-state index is 12.9. The molecular formula is C22H26N2O2. The van der Waals surface area contributed by atoms with Crippen molar-refractivity contribution in [3.63, 3.8) is 0 Å². The highest BCUT2D eigenvalue weighted by molar-refractivity contribution is 5.96. The Bertz CT molecular complexity index is 812. The number of hydrogen-bond acceptors (Lipinski definition) is 2. The molecular weight excluding hydrogens is 324 g/mol. The predicted octanol–water partition coefficient (Wildman–Crippen LogP) is 3.99. The summed E-state index contributed by atoms with van der Waals surface area (Å²) in [6, 6.07) is 13.5. The second-order valence-electron chi connectivity index (χ2n) is 6.37. The van der Waals surface area contributed by atoms with Crippen LogP contribution in [0.15, 0.2) is 55.1 Å². The molecule has 2 aromatic rings. The molecule has 136 valence electrons. The number of carbonyl (C=O) groups is 2. The van der Waals surface area contributed by atoms with E-state index in [0.717, 1.165) is 23.1 Å². The Morgan fingerprint density at radius 3 is 2.58 bits per heavy atom. The van der Waals surface area contributed by atoms with Crippen molar-refractivity contribution in [3.05, 3.63) is 82.9 Å². The first-order valence-corrected chi connectivity index (χ1v) is 8.82. The molecule has 2 rings (SSSR count). The fourth-order valence-electron chi connectivity index (χ4n) is 2.92. The maximum atomic E-state index is 12.9. The van der Waals surface area contributed by atoms with E-state index < -0.39 is 0 Å². The van der Waals surface area contributed by atoms with Gasteiger partial charge in [-0.2, -0.15) is 0 Å². The molecule has 0 fully saturated rings. The lowest BCUT2D eigenvalue weighted by atomic mass is 9.96. The number of aryl methyl sites for hydroxylation is 2. The summed E-state index contributed by atoms with van der Waals surface area (Å²) in [5.41, 5.74) is 4.81. The van der Waals surface area contributed by atoms with Crippen LogP contribution in [0.5, 0.6) is 0 Å². The van der Waals surface area contributed by atoms with E-state index in [2.05, 4.69) is 56.2 Å². The van der Waals surface area contributed by atoms with Gasteiger partial charge in [-0.1, -0.05) is 55.5 Å². The summed E-state index contributed by atoms with van der Waals surface area (Å²) >= 11 is 0. The summed E-state index contributed by atoms with van der Waals surface area (Å²) in [6.07, 6.45) is 2.02. The Morgan fingerprint density at radius 1 is 1.15 bits per heavy atom. The minimum atomic E-state index is -0.262. The molecule has 2 N–H and O–H groups in total. The van der Waals surface area contributed by atoms with Gasteiger partial charge in [0.05, 0.1) is 6.04 Å². The lowest BCUT2D eigenvalue weighted by molar-refractivity contribution is -0.116. The Balaban J connectivity index is 2.21. The van der Waals surface area contributed by atoms with Gasteiger partial charge in [-0.15, -0.1) is 0 Å². The molecule has 4 nitrogen and oxygen atoms in total. The van der Waals surface area contributed by atoms with Gasteiger partial charge in [-0.05, 0) is 49.1 Å². The van der Waals surface area contributed by atoms with Crippen LogP contribution in [-0.2, 0) is 11.3 Å². The third-order valence-electron chi connectivity index (χ3n) is 4.42. The highest BCUT2D eigenvalue weighted by Crippen LogP contribution is 2.23. The van der Waals surface area contributed by atoms with Crippen molar-refractivity contribution in [1.29, 1.82) is 0 Å². The summed E-state index contributed by atoms with van der Waals surface area (Å²) < 4.78 is 0. The summed E-state index contributed by atoms with van der Waals surface area (Å²) in [6.45, 7) is 9.89. The fraction of sp³-hybridized carbons (Fsp3) is 0.273. The van der Waals surface area contributed by atoms with Gasteiger partial charge < -0.3 is 10.6 Å². The first kappa shape index (κ1) is 19.4. The third-order valence-corrected chi connectivity index (χ3v) is 4.42. The van der Waals surface area contributed by atoms with E-state index in [1.165, 1.54) is 11.6 Å². The van der Waals surface area contributed by atoms with Gasteiger partial charge in [-0.25, -0.2) is 0 Å². The molecule has 0 spiro atoms. The molecule has 0 radical (unpaired) electrons. The van der Waals surface area contributed by atoms with Crippen LogP contribution in [0, 0.1) is 13.8 Å². The Labute approximate surface area is 155 Å². The van der Waals surface area contributed by atoms with E-state index in [1.807, 2.05) is 18.2 Å². The van der Waals surface area contributed by atoms with E-state index >= 15 is 0 Å². The van der Waals surface area contributed by atoms with Gasteiger partial charge in [-0.3, -0.25) is 9.59 Å². The van der Waals surface area contributed by atoms with E-state index in [9.17, 15) is 9.59 Å². The van der Waals surface area contributed by atoms with Crippen molar-refractivity contribution in [2.45, 2.75) is 39.8 Å². The van der Waals surface area contributed by atoms with Crippen LogP contribution >= 0.6 is 0 Å². The molecule has 0 aromatic heterocycles. The molecule has 4 heteroatoms. The van der Waals surface area contributed by atoms with Crippen molar-refractivity contribution in [3.8, 4) is 0 Å². The van der Waals surface area contributed by atoms with E-state index in [1.54, 1.807) is 6.07 Å². The van der Waals surface area contributed by atoms with Gasteiger partial charge in [0.15, 0.2) is 0 Å². The number of hydrogen-bond donors (Lipinski definition) is 2. The fourth-order valence-corrected chi connectivity index (χ4v) is 2.92. The lowest BCUT2D eigenvalue weighted by Crippen LogP contribution is -2.30. The molecule has 0 bridgehead atoms. The number of rotatable bonds is 7. The third kappa shape index (κ3) is 4.82. The van der Waals surface area contributed by atoms with Gasteiger partial charge in [0.25, 0.3) is 5.91 Å². The van der Waals surface area contributed by atoms with Gasteiger partial charge in [0.2, 0.25) is 5.91 Å². The number of amides is 2. The summed E-state index contributed by atoms with van der Waals surface area (Å²) in [5.74, 6) is -0.400. The largest absolute Gasteiger partial charge is 0.348 e. The van der Waals surface area contributed by atoms with Crippen molar-refractivity contribution in [1.82, 2.24) is 10.6 Å². The van der Waals surface area contributed by atoms with E-state index in [4.69, 9.17) is 0 Å². The summed E-state index contributed by atoms with van der Waals surface area (Å²) in [4.78, 5) is 24.3. The van der Waals surface area contributed by atoms with Crippen LogP contribution in [-0.4, -0.2) is 11.8 Å². The Morgan fingerprint density at radius 2 is 1.88 bits per heavy atom. The van der Waals surface area contributed by atoms with E-state index in [0.29, 0.717) is 5.56 Å². The van der Waals surface area contributed by atoms with Crippen LogP contribution in [0.2, 0.25) is 0 Å². The zero-order chi connectivity index (χ0) is 19.1. The first-order chi connectivity index (χ1) is 12.5. The normalized spacial score (nSPS) is 11.5. The molecule has 26 heavy (non-hydrogen) atoms. The maximum Gasteiger partial charge on any atom is 0.252 e. The van der Waals surface area contributed by atoms with Crippen molar-refractivity contribution in [2.24, 2.45) is 0 Å². The topological polar surface area (TPSA) is 58.2 Å². The van der Waals surface area contributed by atoms with Gasteiger partial charge >= 0.3 is 0 Å². The van der Waals surface area contributed by atoms with Crippen molar-refractivity contribution in [2.75, 3.05) is 0 Å². The lowest BCUT2D eigenvalue weighted by Gasteiger charge is -2.21. The van der Waals surface area contributed by atoms with Crippen molar-refractivity contribution < 1.29 is 9.59 Å². The molecule has 0 aliphatic heterocycles.